The minimum Gasteiger partial charge on any atom is -0.499 e. The van der Waals surface area contributed by atoms with Crippen molar-refractivity contribution in [1.29, 1.82) is 0 Å². The highest BCUT2D eigenvalue weighted by Crippen LogP contribution is 1.80. The monoisotopic (exact) mass is 170 g/mol. The zero-order valence-electron chi connectivity index (χ0n) is 7.12. The molecule has 0 amide bonds. The zero-order valence-corrected chi connectivity index (χ0v) is 7.12. The summed E-state index contributed by atoms with van der Waals surface area (Å²) in [5.74, 6) is 2.36. The summed E-state index contributed by atoms with van der Waals surface area (Å²) in [6.45, 7) is 5.88. The fourth-order valence-electron chi connectivity index (χ4n) is 0.541. The summed E-state index contributed by atoms with van der Waals surface area (Å²) in [5, 5.41) is 0. The number of hydrogen-bond donors (Lipinski definition) is 0. The van der Waals surface area contributed by atoms with E-state index >= 15 is 0 Å². The molecule has 0 saturated heterocycles. The van der Waals surface area contributed by atoms with Crippen LogP contribution in [0.15, 0.2) is 12.8 Å². The normalized spacial score (nSPS) is 8.92. The molecule has 0 aliphatic carbocycles. The molecule has 0 fully saturated rings. The quantitative estimate of drug-likeness (QED) is 0.306. The first kappa shape index (κ1) is 11.0. The molecular weight excluding hydrogens is 156 g/mol. The van der Waals surface area contributed by atoms with E-state index in [4.69, 9.17) is 20.6 Å². The highest BCUT2D eigenvalue weighted by molar-refractivity contribution is 4.82. The van der Waals surface area contributed by atoms with Crippen LogP contribution in [0.1, 0.15) is 0 Å². The Kier molecular flexibility index (Phi) is 9.20. The van der Waals surface area contributed by atoms with E-state index in [2.05, 4.69) is 12.5 Å². The molecule has 0 N–H and O–H groups in total. The van der Waals surface area contributed by atoms with Crippen LogP contribution >= 0.6 is 0 Å². The molecule has 0 aliphatic rings. The van der Waals surface area contributed by atoms with E-state index in [1.807, 2.05) is 0 Å². The number of hydrogen-bond acceptors (Lipinski definition) is 3. The van der Waals surface area contributed by atoms with E-state index in [-0.39, 0.29) is 0 Å². The molecule has 0 radical (unpaired) electrons. The van der Waals surface area contributed by atoms with Crippen LogP contribution in [-0.4, -0.2) is 33.0 Å². The highest BCUT2D eigenvalue weighted by atomic mass is 16.5. The lowest BCUT2D eigenvalue weighted by molar-refractivity contribution is 0.0394. The second kappa shape index (κ2) is 10.0. The summed E-state index contributed by atoms with van der Waals surface area (Å²) < 4.78 is 14.9. The Hall–Kier alpha value is -0.980. The molecule has 0 unspecified atom stereocenters. The first-order valence-corrected chi connectivity index (χ1v) is 3.73. The Morgan fingerprint density at radius 3 is 2.50 bits per heavy atom. The Balaban J connectivity index is 2.82. The highest BCUT2D eigenvalue weighted by Gasteiger charge is 1.87. The van der Waals surface area contributed by atoms with Gasteiger partial charge in [-0.05, 0) is 0 Å². The summed E-state index contributed by atoms with van der Waals surface area (Å²) in [5.41, 5.74) is 0. The maximum atomic E-state index is 5.12. The Labute approximate surface area is 73.3 Å². The molecule has 0 aromatic carbocycles. The maximum absolute atomic E-state index is 5.12. The Morgan fingerprint density at radius 1 is 1.17 bits per heavy atom. The number of terminal acetylenes is 1. The fourth-order valence-corrected chi connectivity index (χ4v) is 0.541. The van der Waals surface area contributed by atoms with Crippen molar-refractivity contribution in [2.45, 2.75) is 0 Å². The molecule has 3 heteroatoms. The van der Waals surface area contributed by atoms with E-state index in [0.717, 1.165) is 0 Å². The van der Waals surface area contributed by atoms with Crippen molar-refractivity contribution in [3.8, 4) is 12.3 Å². The van der Waals surface area contributed by atoms with Crippen molar-refractivity contribution in [3.05, 3.63) is 12.8 Å². The van der Waals surface area contributed by atoms with Crippen LogP contribution in [0.4, 0.5) is 0 Å². The third-order valence-electron chi connectivity index (χ3n) is 1.02. The van der Waals surface area contributed by atoms with Gasteiger partial charge in [-0.25, -0.2) is 0 Å². The van der Waals surface area contributed by atoms with Crippen molar-refractivity contribution in [2.75, 3.05) is 33.0 Å². The van der Waals surface area contributed by atoms with Crippen molar-refractivity contribution in [1.82, 2.24) is 0 Å². The summed E-state index contributed by atoms with van der Waals surface area (Å²) >= 11 is 0. The minimum atomic E-state index is 0.340. The van der Waals surface area contributed by atoms with Crippen LogP contribution in [0.3, 0.4) is 0 Å². The van der Waals surface area contributed by atoms with Gasteiger partial charge in [0.05, 0.1) is 26.1 Å². The fraction of sp³-hybridized carbons (Fsp3) is 0.556. The van der Waals surface area contributed by atoms with E-state index in [9.17, 15) is 0 Å². The molecule has 68 valence electrons. The molecule has 0 heterocycles. The first-order chi connectivity index (χ1) is 5.91. The molecular formula is C9H14O3. The summed E-state index contributed by atoms with van der Waals surface area (Å²) in [6, 6.07) is 0. The molecule has 3 nitrogen and oxygen atoms in total. The molecule has 12 heavy (non-hydrogen) atoms. The molecule has 0 rings (SSSR count). The lowest BCUT2D eigenvalue weighted by Gasteiger charge is -2.03. The lowest BCUT2D eigenvalue weighted by Crippen LogP contribution is -2.08. The van der Waals surface area contributed by atoms with Crippen LogP contribution in [0.5, 0.6) is 0 Å². The van der Waals surface area contributed by atoms with E-state index in [1.54, 1.807) is 0 Å². The molecule has 0 bridgehead atoms. The van der Waals surface area contributed by atoms with Crippen LogP contribution in [0.2, 0.25) is 0 Å². The number of rotatable bonds is 8. The second-order valence-corrected chi connectivity index (χ2v) is 1.91. The first-order valence-electron chi connectivity index (χ1n) is 3.73. The van der Waals surface area contributed by atoms with Crippen molar-refractivity contribution >= 4 is 0 Å². The van der Waals surface area contributed by atoms with Gasteiger partial charge in [0.15, 0.2) is 0 Å². The van der Waals surface area contributed by atoms with Crippen LogP contribution in [0, 0.1) is 12.3 Å². The van der Waals surface area contributed by atoms with Crippen LogP contribution in [0.25, 0.3) is 0 Å². The van der Waals surface area contributed by atoms with E-state index < -0.39 is 0 Å². The molecule has 0 aromatic rings. The SMILES string of the molecule is C#CCOCCOCCOC=C. The molecule has 0 aliphatic heterocycles. The molecule has 0 saturated carbocycles. The van der Waals surface area contributed by atoms with Gasteiger partial charge in [0.2, 0.25) is 0 Å². The van der Waals surface area contributed by atoms with Gasteiger partial charge in [0.25, 0.3) is 0 Å². The molecule has 0 aromatic heterocycles. The average Bonchev–Trinajstić information content (AvgIpc) is 2.10. The summed E-state index contributed by atoms with van der Waals surface area (Å²) in [7, 11) is 0. The van der Waals surface area contributed by atoms with Gasteiger partial charge in [-0.1, -0.05) is 12.5 Å². The Morgan fingerprint density at radius 2 is 1.83 bits per heavy atom. The van der Waals surface area contributed by atoms with Gasteiger partial charge < -0.3 is 14.2 Å². The van der Waals surface area contributed by atoms with Crippen LogP contribution in [-0.2, 0) is 14.2 Å². The topological polar surface area (TPSA) is 27.7 Å². The second-order valence-electron chi connectivity index (χ2n) is 1.91. The van der Waals surface area contributed by atoms with Gasteiger partial charge >= 0.3 is 0 Å². The smallest absolute Gasteiger partial charge is 0.111 e. The van der Waals surface area contributed by atoms with Crippen molar-refractivity contribution in [3.63, 3.8) is 0 Å². The molecule has 0 spiro atoms. The Bertz CT molecular complexity index is 137. The maximum Gasteiger partial charge on any atom is 0.111 e. The average molecular weight is 170 g/mol. The van der Waals surface area contributed by atoms with Crippen molar-refractivity contribution in [2.24, 2.45) is 0 Å². The van der Waals surface area contributed by atoms with E-state index in [1.165, 1.54) is 6.26 Å². The lowest BCUT2D eigenvalue weighted by atomic mass is 10.7. The van der Waals surface area contributed by atoms with Crippen molar-refractivity contribution < 1.29 is 14.2 Å². The predicted octanol–water partition coefficient (Wildman–Crippen LogP) is 0.813. The summed E-state index contributed by atoms with van der Waals surface area (Å²) in [6.07, 6.45) is 6.35. The third kappa shape index (κ3) is 9.02. The van der Waals surface area contributed by atoms with Crippen LogP contribution < -0.4 is 0 Å². The van der Waals surface area contributed by atoms with Gasteiger partial charge in [-0.3, -0.25) is 0 Å². The molecule has 0 atom stereocenters. The number of ether oxygens (including phenoxy) is 3. The summed E-state index contributed by atoms with van der Waals surface area (Å²) in [4.78, 5) is 0. The van der Waals surface area contributed by atoms with E-state index in [0.29, 0.717) is 33.0 Å². The third-order valence-corrected chi connectivity index (χ3v) is 1.02. The largest absolute Gasteiger partial charge is 0.499 e. The standard InChI is InChI=1S/C9H14O3/c1-3-5-11-8-9-12-7-6-10-4-2/h1,4H,2,5-9H2. The van der Waals surface area contributed by atoms with Gasteiger partial charge in [-0.15, -0.1) is 6.42 Å². The predicted molar refractivity (Wildman–Crippen MR) is 46.6 cm³/mol. The van der Waals surface area contributed by atoms with Gasteiger partial charge in [0, 0.05) is 0 Å². The zero-order chi connectivity index (χ0) is 9.07. The van der Waals surface area contributed by atoms with Gasteiger partial charge in [0.1, 0.15) is 13.2 Å². The van der Waals surface area contributed by atoms with Gasteiger partial charge in [-0.2, -0.15) is 0 Å². The minimum absolute atomic E-state index is 0.340.